The van der Waals surface area contributed by atoms with Gasteiger partial charge in [-0.3, -0.25) is 9.59 Å². The predicted molar refractivity (Wildman–Crippen MR) is 155 cm³/mol. The number of hydrogen-bond acceptors (Lipinski definition) is 4. The van der Waals surface area contributed by atoms with Crippen LogP contribution in [0.15, 0.2) is 78.9 Å². The van der Waals surface area contributed by atoms with E-state index in [9.17, 15) is 26.8 Å². The number of rotatable bonds is 13. The van der Waals surface area contributed by atoms with E-state index in [2.05, 4.69) is 5.32 Å². The number of anilines is 1. The van der Waals surface area contributed by atoms with E-state index in [1.165, 1.54) is 49.3 Å². The molecule has 220 valence electrons. The number of halogens is 2. The summed E-state index contributed by atoms with van der Waals surface area (Å²) in [4.78, 5) is 28.9. The topological polar surface area (TPSA) is 90.0 Å². The minimum absolute atomic E-state index is 0.0585. The molecular formula is C30H36F2N4O4S. The first-order valence-corrected chi connectivity index (χ1v) is 14.6. The van der Waals surface area contributed by atoms with Crippen LogP contribution < -0.4 is 9.62 Å². The Balaban J connectivity index is 2.09. The molecule has 3 aromatic carbocycles. The van der Waals surface area contributed by atoms with E-state index in [4.69, 9.17) is 0 Å². The van der Waals surface area contributed by atoms with Crippen molar-refractivity contribution in [2.24, 2.45) is 5.92 Å². The predicted octanol–water partition coefficient (Wildman–Crippen LogP) is 3.99. The van der Waals surface area contributed by atoms with Crippen LogP contribution in [0.2, 0.25) is 0 Å². The number of hydrogen-bond donors (Lipinski definition) is 1. The van der Waals surface area contributed by atoms with E-state index in [0.717, 1.165) is 26.3 Å². The zero-order chi connectivity index (χ0) is 30.2. The van der Waals surface area contributed by atoms with Crippen LogP contribution in [0.5, 0.6) is 0 Å². The highest BCUT2D eigenvalue weighted by molar-refractivity contribution is 7.90. The van der Waals surface area contributed by atoms with Gasteiger partial charge in [0.25, 0.3) is 0 Å². The maximum Gasteiger partial charge on any atom is 0.304 e. The molecule has 1 N–H and O–H groups in total. The number of carbonyl (C=O) groups is 2. The minimum atomic E-state index is -4.22. The van der Waals surface area contributed by atoms with Crippen LogP contribution in [0.1, 0.15) is 25.0 Å². The van der Waals surface area contributed by atoms with Crippen LogP contribution in [0.25, 0.3) is 0 Å². The first-order valence-electron chi connectivity index (χ1n) is 13.2. The molecule has 3 aromatic rings. The summed E-state index contributed by atoms with van der Waals surface area (Å²) >= 11 is 0. The van der Waals surface area contributed by atoms with Crippen molar-refractivity contribution in [2.75, 3.05) is 31.5 Å². The molecule has 0 heterocycles. The maximum atomic E-state index is 14.8. The van der Waals surface area contributed by atoms with E-state index in [1.807, 2.05) is 32.0 Å². The van der Waals surface area contributed by atoms with Gasteiger partial charge in [-0.2, -0.15) is 12.7 Å². The molecule has 8 nitrogen and oxygen atoms in total. The summed E-state index contributed by atoms with van der Waals surface area (Å²) in [6.07, 6.45) is 0.113. The van der Waals surface area contributed by atoms with Gasteiger partial charge in [-0.15, -0.1) is 0 Å². The smallest absolute Gasteiger partial charge is 0.304 e. The maximum absolute atomic E-state index is 14.8. The number of nitrogens with one attached hydrogen (secondary N) is 1. The van der Waals surface area contributed by atoms with Crippen molar-refractivity contribution in [2.45, 2.75) is 32.9 Å². The Hall–Kier alpha value is -3.83. The Labute approximate surface area is 240 Å². The number of benzene rings is 3. The van der Waals surface area contributed by atoms with Crippen molar-refractivity contribution in [1.29, 1.82) is 0 Å². The molecule has 0 aromatic heterocycles. The molecule has 1 unspecified atom stereocenters. The van der Waals surface area contributed by atoms with Gasteiger partial charge in [-0.25, -0.2) is 13.1 Å². The monoisotopic (exact) mass is 586 g/mol. The molecule has 0 fully saturated rings. The van der Waals surface area contributed by atoms with Crippen molar-refractivity contribution in [3.63, 3.8) is 0 Å². The summed E-state index contributed by atoms with van der Waals surface area (Å²) in [7, 11) is -1.60. The SMILES string of the molecule is CC(C)CNC(=O)C(Cc1ccccc1)N(Cc1ccccc1F)C(=O)CN(c1ccc(F)cc1)S(=O)(=O)N(C)C. The summed E-state index contributed by atoms with van der Waals surface area (Å²) in [5.41, 5.74) is 0.988. The van der Waals surface area contributed by atoms with Gasteiger partial charge in [0.2, 0.25) is 11.8 Å². The van der Waals surface area contributed by atoms with E-state index in [1.54, 1.807) is 18.2 Å². The molecule has 2 amide bonds. The normalized spacial score (nSPS) is 12.3. The lowest BCUT2D eigenvalue weighted by molar-refractivity contribution is -0.140. The van der Waals surface area contributed by atoms with E-state index < -0.39 is 46.2 Å². The Morgan fingerprint density at radius 1 is 0.878 bits per heavy atom. The summed E-state index contributed by atoms with van der Waals surface area (Å²) in [5, 5.41) is 2.87. The first kappa shape index (κ1) is 31.7. The molecule has 0 saturated heterocycles. The first-order chi connectivity index (χ1) is 19.4. The van der Waals surface area contributed by atoms with Gasteiger partial charge in [-0.1, -0.05) is 62.4 Å². The van der Waals surface area contributed by atoms with Crippen LogP contribution in [0.4, 0.5) is 14.5 Å². The van der Waals surface area contributed by atoms with Crippen LogP contribution in [-0.4, -0.2) is 62.7 Å². The molecule has 0 radical (unpaired) electrons. The van der Waals surface area contributed by atoms with Gasteiger partial charge < -0.3 is 10.2 Å². The van der Waals surface area contributed by atoms with Crippen molar-refractivity contribution >= 4 is 27.7 Å². The van der Waals surface area contributed by atoms with Gasteiger partial charge in [-0.05, 0) is 41.8 Å². The second kappa shape index (κ2) is 14.2. The number of nitrogens with zero attached hydrogens (tertiary/aromatic N) is 3. The van der Waals surface area contributed by atoms with E-state index >= 15 is 0 Å². The molecule has 0 spiro atoms. The fraction of sp³-hybridized carbons (Fsp3) is 0.333. The summed E-state index contributed by atoms with van der Waals surface area (Å²) in [5.74, 6) is -2.19. The second-order valence-corrected chi connectivity index (χ2v) is 12.3. The van der Waals surface area contributed by atoms with Gasteiger partial charge in [0.15, 0.2) is 0 Å². The zero-order valence-electron chi connectivity index (χ0n) is 23.6. The van der Waals surface area contributed by atoms with E-state index in [0.29, 0.717) is 6.54 Å². The number of carbonyl (C=O) groups excluding carboxylic acids is 2. The third-order valence-corrected chi connectivity index (χ3v) is 8.21. The molecule has 11 heteroatoms. The van der Waals surface area contributed by atoms with Gasteiger partial charge >= 0.3 is 10.2 Å². The van der Waals surface area contributed by atoms with Gasteiger partial charge in [0.05, 0.1) is 5.69 Å². The fourth-order valence-corrected chi connectivity index (χ4v) is 5.17. The molecule has 41 heavy (non-hydrogen) atoms. The molecule has 0 bridgehead atoms. The Bertz CT molecular complexity index is 1420. The van der Waals surface area contributed by atoms with Crippen LogP contribution in [0, 0.1) is 17.6 Å². The minimum Gasteiger partial charge on any atom is -0.354 e. The Morgan fingerprint density at radius 3 is 2.07 bits per heavy atom. The zero-order valence-corrected chi connectivity index (χ0v) is 24.4. The van der Waals surface area contributed by atoms with Crippen molar-refractivity contribution in [1.82, 2.24) is 14.5 Å². The molecule has 0 aliphatic rings. The molecule has 0 aliphatic carbocycles. The van der Waals surface area contributed by atoms with Crippen molar-refractivity contribution < 1.29 is 26.8 Å². The molecule has 1 atom stereocenters. The molecular weight excluding hydrogens is 550 g/mol. The third kappa shape index (κ3) is 8.58. The highest BCUT2D eigenvalue weighted by atomic mass is 32.2. The number of amides is 2. The van der Waals surface area contributed by atoms with Crippen LogP contribution in [0.3, 0.4) is 0 Å². The lowest BCUT2D eigenvalue weighted by Crippen LogP contribution is -2.54. The Morgan fingerprint density at radius 2 is 1.49 bits per heavy atom. The van der Waals surface area contributed by atoms with Crippen LogP contribution >= 0.6 is 0 Å². The molecule has 3 rings (SSSR count). The lowest BCUT2D eigenvalue weighted by Gasteiger charge is -2.34. The third-order valence-electron chi connectivity index (χ3n) is 6.39. The molecule has 0 saturated carbocycles. The van der Waals surface area contributed by atoms with Crippen molar-refractivity contribution in [3.05, 3.63) is 102 Å². The van der Waals surface area contributed by atoms with Crippen molar-refractivity contribution in [3.8, 4) is 0 Å². The largest absolute Gasteiger partial charge is 0.354 e. The molecule has 0 aliphatic heterocycles. The fourth-order valence-electron chi connectivity index (χ4n) is 4.11. The lowest BCUT2D eigenvalue weighted by atomic mass is 10.0. The quantitative estimate of drug-likeness (QED) is 0.328. The highest BCUT2D eigenvalue weighted by Gasteiger charge is 2.35. The van der Waals surface area contributed by atoms with E-state index in [-0.39, 0.29) is 30.1 Å². The van der Waals surface area contributed by atoms with Gasteiger partial charge in [0, 0.05) is 39.2 Å². The average molecular weight is 587 g/mol. The second-order valence-electron chi connectivity index (χ2n) is 10.2. The highest BCUT2D eigenvalue weighted by Crippen LogP contribution is 2.22. The summed E-state index contributed by atoms with van der Waals surface area (Å²) in [6, 6.07) is 18.6. The summed E-state index contributed by atoms with van der Waals surface area (Å²) in [6.45, 7) is 3.23. The standard InChI is InChI=1S/C30H36F2N4O4S/c1-22(2)19-33-30(38)28(18-23-10-6-5-7-11-23)35(20-24-12-8-9-13-27(24)32)29(37)21-36(41(39,40)34(3)4)26-16-14-25(31)15-17-26/h5-17,22,28H,18-21H2,1-4H3,(H,33,38). The van der Waals surface area contributed by atoms with Gasteiger partial charge in [0.1, 0.15) is 24.2 Å². The average Bonchev–Trinajstić information content (AvgIpc) is 2.94. The van der Waals surface area contributed by atoms with Crippen LogP contribution in [-0.2, 0) is 32.8 Å². The Kier molecular flexibility index (Phi) is 11.0. The summed E-state index contributed by atoms with van der Waals surface area (Å²) < 4.78 is 56.9.